The minimum atomic E-state index is -0.702. The standard InChI is InChI=1S/C12H8BrClF2OS/c13-5-7-3-9(15)12(10(16)4-7)17-6-8-1-2-11(14)18-8/h1-4H,5-6H2. The number of thiophene rings is 1. The van der Waals surface area contributed by atoms with Crippen molar-refractivity contribution < 1.29 is 13.5 Å². The molecule has 0 unspecified atom stereocenters. The summed E-state index contributed by atoms with van der Waals surface area (Å²) in [6.45, 7) is 0.0961. The average molecular weight is 354 g/mol. The summed E-state index contributed by atoms with van der Waals surface area (Å²) in [7, 11) is 0. The summed E-state index contributed by atoms with van der Waals surface area (Å²) >= 11 is 10.2. The second-order valence-corrected chi connectivity index (χ2v) is 5.88. The Labute approximate surface area is 120 Å². The van der Waals surface area contributed by atoms with Crippen LogP contribution >= 0.6 is 38.9 Å². The Bertz CT molecular complexity index is 536. The maximum absolute atomic E-state index is 13.6. The van der Waals surface area contributed by atoms with Gasteiger partial charge in [0.15, 0.2) is 17.4 Å². The number of hydrogen-bond donors (Lipinski definition) is 0. The fourth-order valence-corrected chi connectivity index (χ4v) is 2.72. The van der Waals surface area contributed by atoms with Crippen molar-refractivity contribution in [2.24, 2.45) is 0 Å². The molecule has 0 aliphatic carbocycles. The van der Waals surface area contributed by atoms with Gasteiger partial charge in [-0.15, -0.1) is 11.3 Å². The van der Waals surface area contributed by atoms with Crippen LogP contribution < -0.4 is 4.74 Å². The highest BCUT2D eigenvalue weighted by atomic mass is 79.9. The lowest BCUT2D eigenvalue weighted by atomic mass is 10.2. The molecule has 0 N–H and O–H groups in total. The van der Waals surface area contributed by atoms with Gasteiger partial charge in [0.2, 0.25) is 0 Å². The second kappa shape index (κ2) is 5.99. The van der Waals surface area contributed by atoms with E-state index >= 15 is 0 Å². The molecule has 0 saturated carbocycles. The van der Waals surface area contributed by atoms with Crippen molar-refractivity contribution in [3.8, 4) is 5.75 Å². The molecule has 18 heavy (non-hydrogen) atoms. The number of rotatable bonds is 4. The molecule has 0 aliphatic heterocycles. The molecule has 0 atom stereocenters. The highest BCUT2D eigenvalue weighted by molar-refractivity contribution is 9.08. The maximum atomic E-state index is 13.6. The van der Waals surface area contributed by atoms with E-state index in [9.17, 15) is 8.78 Å². The van der Waals surface area contributed by atoms with Crippen molar-refractivity contribution in [1.29, 1.82) is 0 Å². The summed E-state index contributed by atoms with van der Waals surface area (Å²) in [4.78, 5) is 0.809. The van der Waals surface area contributed by atoms with Gasteiger partial charge in [-0.2, -0.15) is 0 Å². The first-order valence-electron chi connectivity index (χ1n) is 5.01. The van der Waals surface area contributed by atoms with Crippen molar-refractivity contribution in [2.45, 2.75) is 11.9 Å². The van der Waals surface area contributed by atoms with Crippen LogP contribution in [-0.4, -0.2) is 0 Å². The van der Waals surface area contributed by atoms with Gasteiger partial charge in [-0.05, 0) is 29.8 Å². The van der Waals surface area contributed by atoms with Crippen LogP contribution in [0.3, 0.4) is 0 Å². The molecule has 1 heterocycles. The molecule has 6 heteroatoms. The predicted octanol–water partition coefficient (Wildman–Crippen LogP) is 5.15. The maximum Gasteiger partial charge on any atom is 0.191 e. The van der Waals surface area contributed by atoms with Crippen LogP contribution in [0.1, 0.15) is 10.4 Å². The molecule has 0 spiro atoms. The van der Waals surface area contributed by atoms with Crippen molar-refractivity contribution in [3.05, 3.63) is 50.7 Å². The molecular weight excluding hydrogens is 346 g/mol. The van der Waals surface area contributed by atoms with Gasteiger partial charge >= 0.3 is 0 Å². The van der Waals surface area contributed by atoms with Crippen LogP contribution in [0.5, 0.6) is 5.75 Å². The third-order valence-electron chi connectivity index (χ3n) is 2.20. The van der Waals surface area contributed by atoms with E-state index in [1.54, 1.807) is 12.1 Å². The van der Waals surface area contributed by atoms with E-state index < -0.39 is 11.6 Å². The van der Waals surface area contributed by atoms with Gasteiger partial charge in [-0.3, -0.25) is 0 Å². The van der Waals surface area contributed by atoms with E-state index in [0.29, 0.717) is 15.2 Å². The van der Waals surface area contributed by atoms with Gasteiger partial charge in [0.05, 0.1) is 4.34 Å². The smallest absolute Gasteiger partial charge is 0.191 e. The van der Waals surface area contributed by atoms with Gasteiger partial charge in [0.25, 0.3) is 0 Å². The zero-order valence-corrected chi connectivity index (χ0v) is 12.2. The largest absolute Gasteiger partial charge is 0.482 e. The van der Waals surface area contributed by atoms with Gasteiger partial charge in [0.1, 0.15) is 6.61 Å². The molecule has 1 aromatic heterocycles. The van der Waals surface area contributed by atoms with Crippen molar-refractivity contribution in [1.82, 2.24) is 0 Å². The molecule has 1 aromatic carbocycles. The van der Waals surface area contributed by atoms with Gasteiger partial charge in [-0.25, -0.2) is 8.78 Å². The normalized spacial score (nSPS) is 10.7. The Hall–Kier alpha value is -0.650. The topological polar surface area (TPSA) is 9.23 Å². The van der Waals surface area contributed by atoms with Crippen molar-refractivity contribution in [3.63, 3.8) is 0 Å². The van der Waals surface area contributed by atoms with Crippen LogP contribution in [0, 0.1) is 11.6 Å². The highest BCUT2D eigenvalue weighted by Crippen LogP contribution is 2.27. The van der Waals surface area contributed by atoms with E-state index in [0.717, 1.165) is 4.88 Å². The molecule has 96 valence electrons. The first kappa shape index (κ1) is 13.8. The van der Waals surface area contributed by atoms with Crippen LogP contribution in [0.15, 0.2) is 24.3 Å². The summed E-state index contributed by atoms with van der Waals surface area (Å²) in [5.74, 6) is -1.76. The lowest BCUT2D eigenvalue weighted by molar-refractivity contribution is 0.277. The fourth-order valence-electron chi connectivity index (χ4n) is 1.40. The minimum Gasteiger partial charge on any atom is -0.482 e. The third kappa shape index (κ3) is 3.22. The summed E-state index contributed by atoms with van der Waals surface area (Å²) in [5.41, 5.74) is 0.525. The summed E-state index contributed by atoms with van der Waals surface area (Å²) < 4.78 is 33.0. The SMILES string of the molecule is Fc1cc(CBr)cc(F)c1OCc1ccc(Cl)s1. The van der Waals surface area contributed by atoms with Crippen molar-refractivity contribution >= 4 is 38.9 Å². The van der Waals surface area contributed by atoms with Gasteiger partial charge in [-0.1, -0.05) is 27.5 Å². The van der Waals surface area contributed by atoms with E-state index in [1.807, 2.05) is 0 Å². The number of alkyl halides is 1. The molecule has 0 fully saturated rings. The first-order chi connectivity index (χ1) is 8.60. The molecule has 0 aliphatic rings. The quantitative estimate of drug-likeness (QED) is 0.690. The van der Waals surface area contributed by atoms with E-state index in [2.05, 4.69) is 15.9 Å². The Morgan fingerprint density at radius 3 is 2.39 bits per heavy atom. The van der Waals surface area contributed by atoms with Crippen LogP contribution in [0.4, 0.5) is 8.78 Å². The molecule has 2 aromatic rings. The lowest BCUT2D eigenvalue weighted by Crippen LogP contribution is -1.99. The van der Waals surface area contributed by atoms with Crippen molar-refractivity contribution in [2.75, 3.05) is 0 Å². The Balaban J connectivity index is 2.14. The van der Waals surface area contributed by atoms with Crippen LogP contribution in [0.25, 0.3) is 0 Å². The lowest BCUT2D eigenvalue weighted by Gasteiger charge is -2.08. The zero-order valence-electron chi connectivity index (χ0n) is 9.05. The third-order valence-corrected chi connectivity index (χ3v) is 4.05. The van der Waals surface area contributed by atoms with Gasteiger partial charge in [0, 0.05) is 10.2 Å². The zero-order chi connectivity index (χ0) is 13.1. The second-order valence-electron chi connectivity index (χ2n) is 3.52. The predicted molar refractivity (Wildman–Crippen MR) is 72.7 cm³/mol. The fraction of sp³-hybridized carbons (Fsp3) is 0.167. The Morgan fingerprint density at radius 1 is 1.22 bits per heavy atom. The molecule has 0 radical (unpaired) electrons. The number of benzene rings is 1. The average Bonchev–Trinajstić information content (AvgIpc) is 2.73. The number of ether oxygens (including phenoxy) is 1. The minimum absolute atomic E-state index is 0.0961. The molecular formula is C12H8BrClF2OS. The number of halogens is 4. The number of hydrogen-bond acceptors (Lipinski definition) is 2. The van der Waals surface area contributed by atoms with Gasteiger partial charge < -0.3 is 4.74 Å². The molecule has 1 nitrogen and oxygen atoms in total. The Morgan fingerprint density at radius 2 is 1.89 bits per heavy atom. The first-order valence-corrected chi connectivity index (χ1v) is 7.32. The van der Waals surface area contributed by atoms with Crippen LogP contribution in [-0.2, 0) is 11.9 Å². The summed E-state index contributed by atoms with van der Waals surface area (Å²) in [6.07, 6.45) is 0. The van der Waals surface area contributed by atoms with E-state index in [1.165, 1.54) is 23.5 Å². The molecule has 0 amide bonds. The van der Waals surface area contributed by atoms with E-state index in [4.69, 9.17) is 16.3 Å². The van der Waals surface area contributed by atoms with Crippen LogP contribution in [0.2, 0.25) is 4.34 Å². The Kier molecular flexibility index (Phi) is 4.59. The highest BCUT2D eigenvalue weighted by Gasteiger charge is 2.13. The molecule has 0 saturated heterocycles. The summed E-state index contributed by atoms with van der Waals surface area (Å²) in [5, 5.41) is 0.391. The summed E-state index contributed by atoms with van der Waals surface area (Å²) in [6, 6.07) is 5.96. The molecule has 2 rings (SSSR count). The van der Waals surface area contributed by atoms with E-state index in [-0.39, 0.29) is 12.4 Å². The monoisotopic (exact) mass is 352 g/mol. The molecule has 0 bridgehead atoms.